The highest BCUT2D eigenvalue weighted by Crippen LogP contribution is 2.28. The summed E-state index contributed by atoms with van der Waals surface area (Å²) in [6.07, 6.45) is 4.80. The van der Waals surface area contributed by atoms with Gasteiger partial charge in [0.15, 0.2) is 0 Å². The Hall–Kier alpha value is -1.92. The number of aliphatic hydroxyl groups is 2. The van der Waals surface area contributed by atoms with Crippen molar-refractivity contribution in [3.63, 3.8) is 0 Å². The van der Waals surface area contributed by atoms with E-state index in [4.69, 9.17) is 5.73 Å². The average Bonchev–Trinajstić information content (AvgIpc) is 2.86. The summed E-state index contributed by atoms with van der Waals surface area (Å²) in [5, 5.41) is 20.1. The zero-order chi connectivity index (χ0) is 12.0. The molecule has 17 heavy (non-hydrogen) atoms. The topological polar surface area (TPSA) is 97.2 Å². The first-order valence-electron chi connectivity index (χ1n) is 5.30. The second-order valence-corrected chi connectivity index (χ2v) is 4.08. The van der Waals surface area contributed by atoms with Crippen molar-refractivity contribution in [1.82, 2.24) is 14.5 Å². The molecule has 0 saturated heterocycles. The van der Waals surface area contributed by atoms with Gasteiger partial charge in [-0.3, -0.25) is 0 Å². The zero-order valence-corrected chi connectivity index (χ0v) is 8.93. The van der Waals surface area contributed by atoms with Gasteiger partial charge in [-0.25, -0.2) is 9.97 Å². The van der Waals surface area contributed by atoms with Crippen LogP contribution in [0.4, 0.5) is 5.82 Å². The van der Waals surface area contributed by atoms with E-state index in [1.54, 1.807) is 29.0 Å². The van der Waals surface area contributed by atoms with E-state index in [1.807, 2.05) is 0 Å². The molecule has 0 fully saturated rings. The summed E-state index contributed by atoms with van der Waals surface area (Å²) in [5.74, 6) is 0.408. The number of rotatable bonds is 1. The van der Waals surface area contributed by atoms with Crippen LogP contribution in [0.15, 0.2) is 30.7 Å². The maximum Gasteiger partial charge on any atom is 0.146 e. The van der Waals surface area contributed by atoms with E-state index in [1.165, 1.54) is 6.33 Å². The van der Waals surface area contributed by atoms with Gasteiger partial charge >= 0.3 is 0 Å². The Morgan fingerprint density at radius 3 is 2.76 bits per heavy atom. The van der Waals surface area contributed by atoms with Crippen LogP contribution in [0.5, 0.6) is 0 Å². The molecule has 0 aliphatic heterocycles. The molecule has 3 rings (SSSR count). The molecule has 6 heteroatoms. The molecule has 1 aliphatic carbocycles. The Morgan fingerprint density at radius 1 is 1.24 bits per heavy atom. The third-order valence-corrected chi connectivity index (χ3v) is 3.07. The molecule has 0 amide bonds. The lowest BCUT2D eigenvalue weighted by molar-refractivity contribution is 0.0376. The standard InChI is InChI=1S/C11H12N4O2/c12-10-6-3-4-15(11(6)14-5-13-10)7-1-2-8(16)9(7)17/h1-5,7-9,16-17H,(H2,12,13,14)/t7-,8-,9+/m0/s1. The van der Waals surface area contributed by atoms with Crippen molar-refractivity contribution in [2.24, 2.45) is 0 Å². The number of aromatic nitrogens is 3. The van der Waals surface area contributed by atoms with E-state index < -0.39 is 12.2 Å². The van der Waals surface area contributed by atoms with Crippen LogP contribution in [0, 0.1) is 0 Å². The molecule has 0 radical (unpaired) electrons. The van der Waals surface area contributed by atoms with Crippen LogP contribution in [-0.4, -0.2) is 37.0 Å². The Morgan fingerprint density at radius 2 is 2.06 bits per heavy atom. The summed E-state index contributed by atoms with van der Waals surface area (Å²) in [6, 6.07) is 1.48. The van der Waals surface area contributed by atoms with E-state index in [-0.39, 0.29) is 6.04 Å². The third-order valence-electron chi connectivity index (χ3n) is 3.07. The number of anilines is 1. The first kappa shape index (κ1) is 10.2. The van der Waals surface area contributed by atoms with Gasteiger partial charge in [-0.05, 0) is 6.07 Å². The zero-order valence-electron chi connectivity index (χ0n) is 8.93. The first-order valence-corrected chi connectivity index (χ1v) is 5.30. The molecule has 0 aromatic carbocycles. The summed E-state index contributed by atoms with van der Waals surface area (Å²) in [6.45, 7) is 0. The fourth-order valence-corrected chi connectivity index (χ4v) is 2.15. The van der Waals surface area contributed by atoms with Crippen molar-refractivity contribution in [2.75, 3.05) is 5.73 Å². The lowest BCUT2D eigenvalue weighted by Crippen LogP contribution is -2.27. The highest BCUT2D eigenvalue weighted by molar-refractivity contribution is 5.86. The molecule has 0 unspecified atom stereocenters. The van der Waals surface area contributed by atoms with Crippen LogP contribution >= 0.6 is 0 Å². The van der Waals surface area contributed by atoms with Crippen LogP contribution < -0.4 is 5.73 Å². The van der Waals surface area contributed by atoms with Gasteiger partial charge in [0, 0.05) is 6.20 Å². The molecule has 0 bridgehead atoms. The van der Waals surface area contributed by atoms with Crippen LogP contribution in [-0.2, 0) is 0 Å². The number of nitrogen functional groups attached to an aromatic ring is 1. The van der Waals surface area contributed by atoms with Crippen LogP contribution in [0.1, 0.15) is 6.04 Å². The predicted octanol–water partition coefficient (Wildman–Crippen LogP) is -0.154. The third kappa shape index (κ3) is 1.42. The fraction of sp³-hybridized carbons (Fsp3) is 0.273. The molecule has 2 aromatic rings. The van der Waals surface area contributed by atoms with Crippen molar-refractivity contribution in [3.8, 4) is 0 Å². The summed E-state index contributed by atoms with van der Waals surface area (Å²) >= 11 is 0. The highest BCUT2D eigenvalue weighted by Gasteiger charge is 2.30. The minimum atomic E-state index is -0.859. The van der Waals surface area contributed by atoms with Gasteiger partial charge < -0.3 is 20.5 Å². The molecule has 2 aromatic heterocycles. The van der Waals surface area contributed by atoms with Gasteiger partial charge in [-0.1, -0.05) is 12.2 Å². The second-order valence-electron chi connectivity index (χ2n) is 4.08. The van der Waals surface area contributed by atoms with Crippen molar-refractivity contribution < 1.29 is 10.2 Å². The monoisotopic (exact) mass is 232 g/mol. The Bertz CT molecular complexity index is 592. The smallest absolute Gasteiger partial charge is 0.146 e. The number of fused-ring (bicyclic) bond motifs is 1. The molecule has 0 saturated carbocycles. The summed E-state index contributed by atoms with van der Waals surface area (Å²) in [5.41, 5.74) is 6.39. The number of hydrogen-bond donors (Lipinski definition) is 3. The number of nitrogens with two attached hydrogens (primary N) is 1. The molecule has 3 atom stereocenters. The predicted molar refractivity (Wildman–Crippen MR) is 62.1 cm³/mol. The lowest BCUT2D eigenvalue weighted by Gasteiger charge is -2.18. The summed E-state index contributed by atoms with van der Waals surface area (Å²) < 4.78 is 1.78. The number of hydrogen-bond acceptors (Lipinski definition) is 5. The minimum Gasteiger partial charge on any atom is -0.388 e. The minimum absolute atomic E-state index is 0.322. The van der Waals surface area contributed by atoms with Gasteiger partial charge in [0.05, 0.1) is 11.4 Å². The molecule has 4 N–H and O–H groups in total. The molecule has 1 aliphatic rings. The van der Waals surface area contributed by atoms with Crippen molar-refractivity contribution in [3.05, 3.63) is 30.7 Å². The molecule has 2 heterocycles. The number of aliphatic hydroxyl groups excluding tert-OH is 2. The van der Waals surface area contributed by atoms with Crippen molar-refractivity contribution in [2.45, 2.75) is 18.2 Å². The van der Waals surface area contributed by atoms with E-state index in [0.29, 0.717) is 11.5 Å². The molecular formula is C11H12N4O2. The van der Waals surface area contributed by atoms with Crippen LogP contribution in [0.25, 0.3) is 11.0 Å². The second kappa shape index (κ2) is 3.54. The fourth-order valence-electron chi connectivity index (χ4n) is 2.15. The summed E-state index contributed by atoms with van der Waals surface area (Å²) in [7, 11) is 0. The Balaban J connectivity index is 2.13. The quantitative estimate of drug-likeness (QED) is 0.594. The normalized spacial score (nSPS) is 28.0. The van der Waals surface area contributed by atoms with E-state index in [9.17, 15) is 10.2 Å². The van der Waals surface area contributed by atoms with E-state index in [2.05, 4.69) is 9.97 Å². The van der Waals surface area contributed by atoms with Crippen LogP contribution in [0.2, 0.25) is 0 Å². The molecule has 88 valence electrons. The largest absolute Gasteiger partial charge is 0.388 e. The lowest BCUT2D eigenvalue weighted by atomic mass is 10.2. The van der Waals surface area contributed by atoms with E-state index in [0.717, 1.165) is 5.39 Å². The molecular weight excluding hydrogens is 220 g/mol. The Labute approximate surface area is 97.0 Å². The SMILES string of the molecule is Nc1ncnc2c1ccn2[C@H]1C=C[C@H](O)[C@@H]1O. The number of nitrogens with zero attached hydrogens (tertiary/aromatic N) is 3. The van der Waals surface area contributed by atoms with Gasteiger partial charge in [-0.15, -0.1) is 0 Å². The van der Waals surface area contributed by atoms with Crippen LogP contribution in [0.3, 0.4) is 0 Å². The molecule has 6 nitrogen and oxygen atoms in total. The Kier molecular flexibility index (Phi) is 2.13. The van der Waals surface area contributed by atoms with Gasteiger partial charge in [0.2, 0.25) is 0 Å². The van der Waals surface area contributed by atoms with E-state index >= 15 is 0 Å². The first-order chi connectivity index (χ1) is 8.18. The summed E-state index contributed by atoms with van der Waals surface area (Å²) in [4.78, 5) is 8.06. The van der Waals surface area contributed by atoms with Gasteiger partial charge in [-0.2, -0.15) is 0 Å². The van der Waals surface area contributed by atoms with Crippen molar-refractivity contribution >= 4 is 16.9 Å². The average molecular weight is 232 g/mol. The maximum atomic E-state index is 9.85. The van der Waals surface area contributed by atoms with Gasteiger partial charge in [0.1, 0.15) is 30.0 Å². The van der Waals surface area contributed by atoms with Crippen molar-refractivity contribution in [1.29, 1.82) is 0 Å². The maximum absolute atomic E-state index is 9.85. The highest BCUT2D eigenvalue weighted by atomic mass is 16.3. The molecule has 0 spiro atoms. The van der Waals surface area contributed by atoms with Gasteiger partial charge in [0.25, 0.3) is 0 Å².